The predicted molar refractivity (Wildman–Crippen MR) is 76.9 cm³/mol. The summed E-state index contributed by atoms with van der Waals surface area (Å²) in [5.41, 5.74) is 1.08. The lowest BCUT2D eigenvalue weighted by Gasteiger charge is -2.23. The molecule has 2 unspecified atom stereocenters. The summed E-state index contributed by atoms with van der Waals surface area (Å²) in [6.07, 6.45) is 2.56. The minimum absolute atomic E-state index is 0.0138. The zero-order valence-corrected chi connectivity index (χ0v) is 12.5. The van der Waals surface area contributed by atoms with Gasteiger partial charge in [-0.25, -0.2) is 0 Å². The predicted octanol–water partition coefficient (Wildman–Crippen LogP) is 2.66. The van der Waals surface area contributed by atoms with Crippen molar-refractivity contribution in [2.24, 2.45) is 11.8 Å². The van der Waals surface area contributed by atoms with E-state index in [9.17, 15) is 9.59 Å². The molecule has 2 atom stereocenters. The van der Waals surface area contributed by atoms with Gasteiger partial charge in [-0.15, -0.1) is 0 Å². The number of carboxylic acids is 1. The van der Waals surface area contributed by atoms with Crippen molar-refractivity contribution in [1.29, 1.82) is 0 Å². The molecule has 0 aliphatic heterocycles. The number of benzene rings is 1. The average molecular weight is 338 g/mol. The van der Waals surface area contributed by atoms with E-state index >= 15 is 0 Å². The van der Waals surface area contributed by atoms with Gasteiger partial charge < -0.3 is 10.0 Å². The van der Waals surface area contributed by atoms with Gasteiger partial charge in [0.15, 0.2) is 0 Å². The molecule has 1 aromatic carbocycles. The van der Waals surface area contributed by atoms with Crippen LogP contribution >= 0.6 is 15.9 Å². The van der Waals surface area contributed by atoms with Gasteiger partial charge in [-0.1, -0.05) is 28.1 Å². The first-order valence-corrected chi connectivity index (χ1v) is 7.63. The summed E-state index contributed by atoms with van der Waals surface area (Å²) < 4.78 is 0.994. The van der Waals surface area contributed by atoms with Crippen LogP contribution in [0.15, 0.2) is 28.7 Å². The monoisotopic (exact) mass is 337 g/mol. The Kier molecular flexibility index (Phi) is 3.54. The van der Waals surface area contributed by atoms with Crippen molar-refractivity contribution in [2.45, 2.75) is 31.8 Å². The second-order valence-corrected chi connectivity index (χ2v) is 6.53. The Labute approximate surface area is 125 Å². The Morgan fingerprint density at radius 2 is 2.05 bits per heavy atom. The molecule has 0 radical (unpaired) electrons. The van der Waals surface area contributed by atoms with Crippen molar-refractivity contribution in [3.63, 3.8) is 0 Å². The number of hydrogen-bond acceptors (Lipinski definition) is 2. The van der Waals surface area contributed by atoms with E-state index in [0.29, 0.717) is 19.0 Å². The zero-order chi connectivity index (χ0) is 14.3. The van der Waals surface area contributed by atoms with Gasteiger partial charge in [-0.2, -0.15) is 0 Å². The Hall–Kier alpha value is -1.36. The highest BCUT2D eigenvalue weighted by atomic mass is 79.9. The molecule has 2 aliphatic carbocycles. The number of rotatable bonds is 5. The highest BCUT2D eigenvalue weighted by Gasteiger charge is 2.51. The normalized spacial score (nSPS) is 24.2. The quantitative estimate of drug-likeness (QED) is 0.898. The number of nitrogens with zero attached hydrogens (tertiary/aromatic N) is 1. The number of halogens is 1. The molecule has 3 rings (SSSR count). The van der Waals surface area contributed by atoms with Crippen LogP contribution in [0.2, 0.25) is 0 Å². The van der Waals surface area contributed by atoms with Crippen molar-refractivity contribution in [1.82, 2.24) is 4.90 Å². The summed E-state index contributed by atoms with van der Waals surface area (Å²) in [5, 5.41) is 8.96. The summed E-state index contributed by atoms with van der Waals surface area (Å²) >= 11 is 3.43. The molecular formula is C15H16BrNO3. The first-order chi connectivity index (χ1) is 9.56. The van der Waals surface area contributed by atoms with Crippen LogP contribution in [0.25, 0.3) is 0 Å². The minimum Gasteiger partial charge on any atom is -0.481 e. The summed E-state index contributed by atoms with van der Waals surface area (Å²) in [5.74, 6) is -1.60. The standard InChI is InChI=1S/C15H16BrNO3/c16-10-3-1-2-9(6-10)8-17(11-4-5-11)14(18)12-7-13(12)15(19)20/h1-3,6,11-13H,4-5,7-8H2,(H,19,20). The number of carbonyl (C=O) groups is 2. The lowest BCUT2D eigenvalue weighted by atomic mass is 10.2. The molecule has 5 heteroatoms. The van der Waals surface area contributed by atoms with Gasteiger partial charge in [0.1, 0.15) is 0 Å². The first-order valence-electron chi connectivity index (χ1n) is 6.84. The summed E-state index contributed by atoms with van der Waals surface area (Å²) in [6, 6.07) is 8.20. The molecule has 1 aromatic rings. The van der Waals surface area contributed by atoms with Crippen LogP contribution in [-0.4, -0.2) is 27.9 Å². The van der Waals surface area contributed by atoms with E-state index in [1.54, 1.807) is 0 Å². The van der Waals surface area contributed by atoms with Gasteiger partial charge >= 0.3 is 5.97 Å². The molecule has 2 aliphatic rings. The van der Waals surface area contributed by atoms with Crippen LogP contribution < -0.4 is 0 Å². The molecule has 0 spiro atoms. The van der Waals surface area contributed by atoms with Gasteiger partial charge in [0.25, 0.3) is 0 Å². The minimum atomic E-state index is -0.846. The van der Waals surface area contributed by atoms with Crippen molar-refractivity contribution < 1.29 is 14.7 Å². The highest BCUT2D eigenvalue weighted by Crippen LogP contribution is 2.42. The Morgan fingerprint density at radius 3 is 2.60 bits per heavy atom. The van der Waals surface area contributed by atoms with E-state index in [1.807, 2.05) is 29.2 Å². The van der Waals surface area contributed by atoms with Crippen LogP contribution in [0, 0.1) is 11.8 Å². The van der Waals surface area contributed by atoms with Crippen LogP contribution in [-0.2, 0) is 16.1 Å². The van der Waals surface area contributed by atoms with E-state index in [0.717, 1.165) is 22.9 Å². The van der Waals surface area contributed by atoms with E-state index in [4.69, 9.17) is 5.11 Å². The smallest absolute Gasteiger partial charge is 0.307 e. The van der Waals surface area contributed by atoms with Gasteiger partial charge in [-0.05, 0) is 37.0 Å². The van der Waals surface area contributed by atoms with Gasteiger partial charge in [0.2, 0.25) is 5.91 Å². The molecule has 2 saturated carbocycles. The third kappa shape index (κ3) is 2.87. The lowest BCUT2D eigenvalue weighted by molar-refractivity contribution is -0.142. The first kappa shape index (κ1) is 13.6. The third-order valence-electron chi connectivity index (χ3n) is 3.94. The van der Waals surface area contributed by atoms with E-state index in [-0.39, 0.29) is 11.8 Å². The zero-order valence-electron chi connectivity index (χ0n) is 11.0. The van der Waals surface area contributed by atoms with Crippen molar-refractivity contribution in [3.05, 3.63) is 34.3 Å². The molecule has 20 heavy (non-hydrogen) atoms. The topological polar surface area (TPSA) is 57.6 Å². The molecule has 106 valence electrons. The number of carboxylic acid groups (broad SMARTS) is 1. The van der Waals surface area contributed by atoms with E-state index in [2.05, 4.69) is 15.9 Å². The van der Waals surface area contributed by atoms with Gasteiger partial charge in [-0.3, -0.25) is 9.59 Å². The fourth-order valence-corrected chi connectivity index (χ4v) is 3.01. The fourth-order valence-electron chi connectivity index (χ4n) is 2.56. The van der Waals surface area contributed by atoms with Crippen LogP contribution in [0.3, 0.4) is 0 Å². The average Bonchev–Trinajstić information content (AvgIpc) is 3.28. The second-order valence-electron chi connectivity index (χ2n) is 5.61. The van der Waals surface area contributed by atoms with Crippen LogP contribution in [0.1, 0.15) is 24.8 Å². The summed E-state index contributed by atoms with van der Waals surface area (Å²) in [4.78, 5) is 25.2. The second kappa shape index (κ2) is 5.20. The van der Waals surface area contributed by atoms with E-state index in [1.165, 1.54) is 0 Å². The van der Waals surface area contributed by atoms with Crippen molar-refractivity contribution in [2.75, 3.05) is 0 Å². The van der Waals surface area contributed by atoms with Crippen LogP contribution in [0.5, 0.6) is 0 Å². The molecule has 0 saturated heterocycles. The van der Waals surface area contributed by atoms with Crippen molar-refractivity contribution >= 4 is 27.8 Å². The number of aliphatic carboxylic acids is 1. The van der Waals surface area contributed by atoms with Crippen molar-refractivity contribution in [3.8, 4) is 0 Å². The molecule has 2 fully saturated rings. The summed E-state index contributed by atoms with van der Waals surface area (Å²) in [7, 11) is 0. The third-order valence-corrected chi connectivity index (χ3v) is 4.43. The number of hydrogen-bond donors (Lipinski definition) is 1. The number of carbonyl (C=O) groups excluding carboxylic acids is 1. The SMILES string of the molecule is O=C(O)C1CC1C(=O)N(Cc1cccc(Br)c1)C1CC1. The maximum absolute atomic E-state index is 12.4. The molecule has 4 nitrogen and oxygen atoms in total. The largest absolute Gasteiger partial charge is 0.481 e. The molecule has 1 amide bonds. The van der Waals surface area contributed by atoms with Crippen LogP contribution in [0.4, 0.5) is 0 Å². The lowest BCUT2D eigenvalue weighted by Crippen LogP contribution is -2.34. The Morgan fingerprint density at radius 1 is 1.30 bits per heavy atom. The maximum atomic E-state index is 12.4. The molecule has 0 bridgehead atoms. The van der Waals surface area contributed by atoms with E-state index < -0.39 is 11.9 Å². The Bertz CT molecular complexity index is 556. The molecular weight excluding hydrogens is 322 g/mol. The molecule has 1 N–H and O–H groups in total. The maximum Gasteiger partial charge on any atom is 0.307 e. The van der Waals surface area contributed by atoms with Gasteiger partial charge in [0, 0.05) is 17.1 Å². The Balaban J connectivity index is 1.70. The highest BCUT2D eigenvalue weighted by molar-refractivity contribution is 9.10. The fraction of sp³-hybridized carbons (Fsp3) is 0.467. The molecule has 0 heterocycles. The summed E-state index contributed by atoms with van der Waals surface area (Å²) in [6.45, 7) is 0.575. The number of amides is 1. The van der Waals surface area contributed by atoms with Gasteiger partial charge in [0.05, 0.1) is 11.8 Å². The molecule has 0 aromatic heterocycles.